The second kappa shape index (κ2) is 9.15. The predicted octanol–water partition coefficient (Wildman–Crippen LogP) is 3.93. The Labute approximate surface area is 157 Å². The Morgan fingerprint density at radius 3 is 2.27 bits per heavy atom. The molecule has 26 heavy (non-hydrogen) atoms. The molecule has 1 heterocycles. The normalized spacial score (nSPS) is 21.5. The third-order valence-corrected chi connectivity index (χ3v) is 5.47. The molecular weight excluding hydrogens is 326 g/mol. The third-order valence-electron chi connectivity index (χ3n) is 5.47. The molecule has 2 amide bonds. The van der Waals surface area contributed by atoms with Crippen LogP contribution in [0, 0.1) is 30.6 Å². The van der Waals surface area contributed by atoms with Crippen LogP contribution >= 0.6 is 0 Å². The molecule has 0 unspecified atom stereocenters. The van der Waals surface area contributed by atoms with E-state index in [1.807, 2.05) is 32.9 Å². The highest BCUT2D eigenvalue weighted by atomic mass is 16.2. The number of hydrogen-bond donors (Lipinski definition) is 2. The zero-order valence-corrected chi connectivity index (χ0v) is 16.7. The maximum atomic E-state index is 12.7. The molecule has 2 N–H and O–H groups in total. The van der Waals surface area contributed by atoms with Crippen LogP contribution in [0.15, 0.2) is 18.2 Å². The van der Waals surface area contributed by atoms with Crippen molar-refractivity contribution >= 4 is 17.6 Å². The first-order chi connectivity index (χ1) is 12.3. The molecule has 0 spiro atoms. The molecule has 5 heteroatoms. The highest BCUT2D eigenvalue weighted by molar-refractivity contribution is 5.97. The Balaban J connectivity index is 1.95. The van der Waals surface area contributed by atoms with Gasteiger partial charge in [0.25, 0.3) is 0 Å². The van der Waals surface area contributed by atoms with Crippen molar-refractivity contribution in [3.05, 3.63) is 23.9 Å². The van der Waals surface area contributed by atoms with E-state index in [1.54, 1.807) is 6.07 Å². The number of carbonyl (C=O) groups excluding carboxylic acids is 2. The molecule has 1 aromatic heterocycles. The lowest BCUT2D eigenvalue weighted by atomic mass is 9.76. The minimum absolute atomic E-state index is 0.00997. The highest BCUT2D eigenvalue weighted by Gasteiger charge is 2.31. The van der Waals surface area contributed by atoms with Crippen LogP contribution in [-0.4, -0.2) is 22.8 Å². The lowest BCUT2D eigenvalue weighted by Gasteiger charge is -2.31. The van der Waals surface area contributed by atoms with Crippen molar-refractivity contribution in [1.29, 1.82) is 0 Å². The average Bonchev–Trinajstić information content (AvgIpc) is 2.59. The Hall–Kier alpha value is -1.91. The molecule has 0 saturated heterocycles. The minimum Gasteiger partial charge on any atom is -0.344 e. The van der Waals surface area contributed by atoms with Gasteiger partial charge in [0.15, 0.2) is 0 Å². The molecule has 1 aliphatic rings. The summed E-state index contributed by atoms with van der Waals surface area (Å²) in [5.41, 5.74) is 0.842. The number of amides is 2. The number of anilines is 1. The zero-order chi connectivity index (χ0) is 19.3. The molecule has 0 aromatic carbocycles. The van der Waals surface area contributed by atoms with Crippen molar-refractivity contribution in [2.45, 2.75) is 66.3 Å². The quantitative estimate of drug-likeness (QED) is 0.808. The van der Waals surface area contributed by atoms with E-state index in [4.69, 9.17) is 0 Å². The highest BCUT2D eigenvalue weighted by Crippen LogP contribution is 2.33. The van der Waals surface area contributed by atoms with Gasteiger partial charge in [-0.2, -0.15) is 0 Å². The lowest BCUT2D eigenvalue weighted by Crippen LogP contribution is -2.49. The van der Waals surface area contributed by atoms with Gasteiger partial charge in [-0.05, 0) is 62.5 Å². The second-order valence-corrected chi connectivity index (χ2v) is 8.24. The third kappa shape index (κ3) is 5.55. The van der Waals surface area contributed by atoms with Crippen LogP contribution in [0.1, 0.15) is 59.1 Å². The fourth-order valence-corrected chi connectivity index (χ4v) is 3.67. The van der Waals surface area contributed by atoms with Gasteiger partial charge < -0.3 is 10.6 Å². The number of nitrogens with zero attached hydrogens (tertiary/aromatic N) is 1. The largest absolute Gasteiger partial charge is 0.344 e. The summed E-state index contributed by atoms with van der Waals surface area (Å²) in [6.07, 6.45) is 4.03. The summed E-state index contributed by atoms with van der Waals surface area (Å²) >= 11 is 0. The van der Waals surface area contributed by atoms with E-state index in [9.17, 15) is 9.59 Å². The van der Waals surface area contributed by atoms with Gasteiger partial charge in [0.1, 0.15) is 11.9 Å². The first-order valence-electron chi connectivity index (χ1n) is 9.82. The summed E-state index contributed by atoms with van der Waals surface area (Å²) < 4.78 is 0. The Morgan fingerprint density at radius 1 is 1.08 bits per heavy atom. The van der Waals surface area contributed by atoms with Crippen molar-refractivity contribution < 1.29 is 9.59 Å². The fourth-order valence-electron chi connectivity index (χ4n) is 3.67. The molecule has 1 fully saturated rings. The van der Waals surface area contributed by atoms with Gasteiger partial charge in [-0.15, -0.1) is 0 Å². The zero-order valence-electron chi connectivity index (χ0n) is 16.7. The van der Waals surface area contributed by atoms with Crippen LogP contribution in [0.3, 0.4) is 0 Å². The molecule has 1 aliphatic carbocycles. The summed E-state index contributed by atoms with van der Waals surface area (Å²) in [4.78, 5) is 29.7. The maximum absolute atomic E-state index is 12.7. The minimum atomic E-state index is -0.548. The van der Waals surface area contributed by atoms with E-state index in [1.165, 1.54) is 0 Å². The summed E-state index contributed by atoms with van der Waals surface area (Å²) in [5, 5.41) is 5.82. The van der Waals surface area contributed by atoms with E-state index < -0.39 is 6.04 Å². The number of pyridine rings is 1. The van der Waals surface area contributed by atoms with Crippen molar-refractivity contribution in [1.82, 2.24) is 10.3 Å². The summed E-state index contributed by atoms with van der Waals surface area (Å²) in [7, 11) is 0. The smallest absolute Gasteiger partial charge is 0.248 e. The van der Waals surface area contributed by atoms with E-state index >= 15 is 0 Å². The van der Waals surface area contributed by atoms with Gasteiger partial charge in [0, 0.05) is 11.6 Å². The van der Waals surface area contributed by atoms with Crippen molar-refractivity contribution in [2.24, 2.45) is 23.7 Å². The standard InChI is InChI=1S/C21H33N3O2/c1-13(2)16-9-11-17(12-10-16)20(25)24-19(14(3)4)21(26)23-18-8-6-7-15(5)22-18/h6-8,13-14,16-17,19H,9-12H2,1-5H3,(H,24,25)(H,22,23,26)/t16?,17?,19-/m0/s1. The number of rotatable bonds is 6. The van der Waals surface area contributed by atoms with Crippen LogP contribution in [0.25, 0.3) is 0 Å². The van der Waals surface area contributed by atoms with Gasteiger partial charge in [0.2, 0.25) is 11.8 Å². The van der Waals surface area contributed by atoms with Gasteiger partial charge >= 0.3 is 0 Å². The first kappa shape index (κ1) is 20.4. The van der Waals surface area contributed by atoms with Gasteiger partial charge in [-0.3, -0.25) is 9.59 Å². The average molecular weight is 360 g/mol. The van der Waals surface area contributed by atoms with Crippen LogP contribution in [0.2, 0.25) is 0 Å². The Kier molecular flexibility index (Phi) is 7.18. The van der Waals surface area contributed by atoms with Crippen molar-refractivity contribution in [2.75, 3.05) is 5.32 Å². The number of hydrogen-bond acceptors (Lipinski definition) is 3. The van der Waals surface area contributed by atoms with Crippen LogP contribution < -0.4 is 10.6 Å². The number of aromatic nitrogens is 1. The van der Waals surface area contributed by atoms with Crippen molar-refractivity contribution in [3.63, 3.8) is 0 Å². The first-order valence-corrected chi connectivity index (χ1v) is 9.82. The van der Waals surface area contributed by atoms with Gasteiger partial charge in [0.05, 0.1) is 0 Å². The Bertz CT molecular complexity index is 619. The molecule has 5 nitrogen and oxygen atoms in total. The molecular formula is C21H33N3O2. The van der Waals surface area contributed by atoms with E-state index in [0.29, 0.717) is 11.7 Å². The monoisotopic (exact) mass is 359 g/mol. The van der Waals surface area contributed by atoms with Crippen molar-refractivity contribution in [3.8, 4) is 0 Å². The summed E-state index contributed by atoms with van der Waals surface area (Å²) in [5.74, 6) is 1.76. The van der Waals surface area contributed by atoms with Gasteiger partial charge in [-0.25, -0.2) is 4.98 Å². The second-order valence-electron chi connectivity index (χ2n) is 8.24. The van der Waals surface area contributed by atoms with E-state index in [2.05, 4.69) is 29.5 Å². The predicted molar refractivity (Wildman–Crippen MR) is 105 cm³/mol. The SMILES string of the molecule is Cc1cccc(NC(=O)[C@@H](NC(=O)C2CCC(C(C)C)CC2)C(C)C)n1. The molecule has 1 atom stereocenters. The summed E-state index contributed by atoms with van der Waals surface area (Å²) in [6, 6.07) is 4.95. The lowest BCUT2D eigenvalue weighted by molar-refractivity contribution is -0.131. The van der Waals surface area contributed by atoms with Crippen LogP contribution in [0.5, 0.6) is 0 Å². The van der Waals surface area contributed by atoms with Crippen LogP contribution in [-0.2, 0) is 9.59 Å². The molecule has 0 radical (unpaired) electrons. The van der Waals surface area contributed by atoms with Crippen LogP contribution in [0.4, 0.5) is 5.82 Å². The Morgan fingerprint density at radius 2 is 1.73 bits per heavy atom. The van der Waals surface area contributed by atoms with E-state index in [-0.39, 0.29) is 23.7 Å². The molecule has 2 rings (SSSR count). The molecule has 0 aliphatic heterocycles. The number of aryl methyl sites for hydroxylation is 1. The summed E-state index contributed by atoms with van der Waals surface area (Å²) in [6.45, 7) is 10.3. The molecule has 1 saturated carbocycles. The molecule has 1 aromatic rings. The fraction of sp³-hybridized carbons (Fsp3) is 0.667. The van der Waals surface area contributed by atoms with E-state index in [0.717, 1.165) is 37.3 Å². The number of carbonyl (C=O) groups is 2. The molecule has 0 bridgehead atoms. The topological polar surface area (TPSA) is 71.1 Å². The number of nitrogens with one attached hydrogen (secondary N) is 2. The van der Waals surface area contributed by atoms with Gasteiger partial charge in [-0.1, -0.05) is 33.8 Å². The maximum Gasteiger partial charge on any atom is 0.248 e. The molecule has 144 valence electrons.